The van der Waals surface area contributed by atoms with Crippen molar-refractivity contribution in [1.29, 1.82) is 0 Å². The molecule has 0 fully saturated rings. The fourth-order valence-electron chi connectivity index (χ4n) is 2.48. The van der Waals surface area contributed by atoms with Gasteiger partial charge in [0.2, 0.25) is 5.88 Å². The average molecular weight is 322 g/mol. The molecule has 0 saturated carbocycles. The van der Waals surface area contributed by atoms with Crippen LogP contribution in [0.25, 0.3) is 11.1 Å². The molecule has 3 rings (SSSR count). The molecule has 1 aromatic heterocycles. The van der Waals surface area contributed by atoms with E-state index in [9.17, 15) is 0 Å². The van der Waals surface area contributed by atoms with Crippen molar-refractivity contribution in [2.45, 2.75) is 12.5 Å². The first-order chi connectivity index (χ1) is 10.7. The molecule has 1 aromatic carbocycles. The molecule has 1 aliphatic rings. The van der Waals surface area contributed by atoms with E-state index in [4.69, 9.17) is 31.5 Å². The van der Waals surface area contributed by atoms with Crippen molar-refractivity contribution in [3.63, 3.8) is 0 Å². The van der Waals surface area contributed by atoms with Crippen LogP contribution in [0, 0.1) is 0 Å². The minimum atomic E-state index is -0.0308. The molecular weight excluding hydrogens is 306 g/mol. The number of benzene rings is 1. The first kappa shape index (κ1) is 14.9. The highest BCUT2D eigenvalue weighted by molar-refractivity contribution is 6.32. The fraction of sp³-hybridized carbons (Fsp3) is 0.333. The number of hydrogen-bond acceptors (Lipinski definition) is 6. The van der Waals surface area contributed by atoms with E-state index in [1.165, 1.54) is 7.11 Å². The lowest BCUT2D eigenvalue weighted by Crippen LogP contribution is -2.24. The minimum absolute atomic E-state index is 0.0308. The molecule has 0 unspecified atom stereocenters. The quantitative estimate of drug-likeness (QED) is 0.928. The molecule has 2 aromatic rings. The van der Waals surface area contributed by atoms with Gasteiger partial charge in [-0.1, -0.05) is 11.6 Å². The van der Waals surface area contributed by atoms with Crippen LogP contribution >= 0.6 is 11.6 Å². The molecule has 2 heterocycles. The Labute approximate surface area is 133 Å². The number of rotatable bonds is 4. The summed E-state index contributed by atoms with van der Waals surface area (Å²) in [4.78, 5) is 8.32. The summed E-state index contributed by atoms with van der Waals surface area (Å²) < 4.78 is 16.1. The van der Waals surface area contributed by atoms with Crippen molar-refractivity contribution in [2.24, 2.45) is 5.73 Å². The van der Waals surface area contributed by atoms with Gasteiger partial charge in [0.1, 0.15) is 11.9 Å². The van der Waals surface area contributed by atoms with E-state index in [0.717, 1.165) is 23.1 Å². The van der Waals surface area contributed by atoms with Crippen molar-refractivity contribution >= 4 is 11.6 Å². The molecule has 116 valence electrons. The largest absolute Gasteiger partial charge is 0.487 e. The van der Waals surface area contributed by atoms with Crippen LogP contribution in [0.3, 0.4) is 0 Å². The van der Waals surface area contributed by atoms with Gasteiger partial charge in [-0.05, 0) is 17.7 Å². The SMILES string of the molecule is COc1ncc(-c2cc(Cl)c3c(c2)C[C@@H](CN)O3)c(OC)n1. The molecule has 0 aliphatic carbocycles. The van der Waals surface area contributed by atoms with Crippen LogP contribution < -0.4 is 19.9 Å². The summed E-state index contributed by atoms with van der Waals surface area (Å²) in [5.41, 5.74) is 8.30. The first-order valence-corrected chi connectivity index (χ1v) is 7.18. The Balaban J connectivity index is 2.05. The number of fused-ring (bicyclic) bond motifs is 1. The highest BCUT2D eigenvalue weighted by Crippen LogP contribution is 2.41. The minimum Gasteiger partial charge on any atom is -0.487 e. The Hall–Kier alpha value is -2.05. The number of nitrogens with two attached hydrogens (primary N) is 1. The van der Waals surface area contributed by atoms with Gasteiger partial charge < -0.3 is 19.9 Å². The number of aromatic nitrogens is 2. The summed E-state index contributed by atoms with van der Waals surface area (Å²) in [7, 11) is 3.05. The number of ether oxygens (including phenoxy) is 3. The maximum Gasteiger partial charge on any atom is 0.319 e. The molecule has 7 heteroatoms. The maximum atomic E-state index is 6.33. The summed E-state index contributed by atoms with van der Waals surface area (Å²) in [6.45, 7) is 0.454. The molecule has 0 saturated heterocycles. The Morgan fingerprint density at radius 2 is 2.18 bits per heavy atom. The second-order valence-corrected chi connectivity index (χ2v) is 5.31. The van der Waals surface area contributed by atoms with Crippen LogP contribution in [-0.4, -0.2) is 36.8 Å². The van der Waals surface area contributed by atoms with Crippen molar-refractivity contribution in [3.05, 3.63) is 28.9 Å². The number of halogens is 1. The summed E-state index contributed by atoms with van der Waals surface area (Å²) >= 11 is 6.33. The Kier molecular flexibility index (Phi) is 4.04. The maximum absolute atomic E-state index is 6.33. The summed E-state index contributed by atoms with van der Waals surface area (Å²) in [6.07, 6.45) is 2.36. The predicted octanol–water partition coefficient (Wildman–Crippen LogP) is 2.08. The van der Waals surface area contributed by atoms with Gasteiger partial charge in [0.05, 0.1) is 24.8 Å². The third kappa shape index (κ3) is 2.55. The molecule has 22 heavy (non-hydrogen) atoms. The van der Waals surface area contributed by atoms with Crippen molar-refractivity contribution in [2.75, 3.05) is 20.8 Å². The second-order valence-electron chi connectivity index (χ2n) is 4.91. The number of hydrogen-bond donors (Lipinski definition) is 1. The highest BCUT2D eigenvalue weighted by Gasteiger charge is 2.25. The normalized spacial score (nSPS) is 16.1. The van der Waals surface area contributed by atoms with E-state index in [-0.39, 0.29) is 12.1 Å². The van der Waals surface area contributed by atoms with Gasteiger partial charge in [-0.25, -0.2) is 4.98 Å². The third-order valence-corrected chi connectivity index (χ3v) is 3.81. The van der Waals surface area contributed by atoms with Gasteiger partial charge in [0.25, 0.3) is 0 Å². The highest BCUT2D eigenvalue weighted by atomic mass is 35.5. The topological polar surface area (TPSA) is 79.5 Å². The smallest absolute Gasteiger partial charge is 0.319 e. The lowest BCUT2D eigenvalue weighted by atomic mass is 10.0. The molecule has 1 aliphatic heterocycles. The van der Waals surface area contributed by atoms with Gasteiger partial charge in [-0.15, -0.1) is 0 Å². The van der Waals surface area contributed by atoms with E-state index in [2.05, 4.69) is 9.97 Å². The Bertz CT molecular complexity index is 709. The van der Waals surface area contributed by atoms with Gasteiger partial charge in [-0.2, -0.15) is 4.98 Å². The van der Waals surface area contributed by atoms with E-state index < -0.39 is 0 Å². The lowest BCUT2D eigenvalue weighted by molar-refractivity contribution is 0.241. The molecule has 0 amide bonds. The average Bonchev–Trinajstić information content (AvgIpc) is 2.98. The zero-order valence-corrected chi connectivity index (χ0v) is 13.1. The molecule has 0 spiro atoms. The van der Waals surface area contributed by atoms with Crippen molar-refractivity contribution in [3.8, 4) is 28.8 Å². The van der Waals surface area contributed by atoms with Gasteiger partial charge in [-0.3, -0.25) is 0 Å². The molecule has 1 atom stereocenters. The summed E-state index contributed by atoms with van der Waals surface area (Å²) in [5.74, 6) is 1.13. The zero-order chi connectivity index (χ0) is 15.7. The van der Waals surface area contributed by atoms with E-state index >= 15 is 0 Å². The second kappa shape index (κ2) is 5.98. The molecule has 6 nitrogen and oxygen atoms in total. The predicted molar refractivity (Wildman–Crippen MR) is 82.8 cm³/mol. The summed E-state index contributed by atoms with van der Waals surface area (Å²) in [5, 5.41) is 0.543. The standard InChI is InChI=1S/C15H16ClN3O3/c1-20-14-11(7-18-15(19-14)21-2)8-3-9-4-10(6-17)22-13(9)12(16)5-8/h3,5,7,10H,4,6,17H2,1-2H3/t10-/m0/s1. The lowest BCUT2D eigenvalue weighted by Gasteiger charge is -2.11. The molecule has 2 N–H and O–H groups in total. The molecule has 0 radical (unpaired) electrons. The van der Waals surface area contributed by atoms with Gasteiger partial charge in [0.15, 0.2) is 0 Å². The fourth-order valence-corrected chi connectivity index (χ4v) is 2.76. The third-order valence-electron chi connectivity index (χ3n) is 3.53. The van der Waals surface area contributed by atoms with Gasteiger partial charge >= 0.3 is 6.01 Å². The van der Waals surface area contributed by atoms with Crippen LogP contribution in [0.15, 0.2) is 18.3 Å². The summed E-state index contributed by atoms with van der Waals surface area (Å²) in [6, 6.07) is 4.07. The Morgan fingerprint density at radius 3 is 2.86 bits per heavy atom. The molecule has 0 bridgehead atoms. The van der Waals surface area contributed by atoms with Crippen LogP contribution in [0.2, 0.25) is 5.02 Å². The Morgan fingerprint density at radius 1 is 1.36 bits per heavy atom. The van der Waals surface area contributed by atoms with E-state index in [1.54, 1.807) is 13.3 Å². The zero-order valence-electron chi connectivity index (χ0n) is 12.3. The van der Waals surface area contributed by atoms with Crippen LogP contribution in [0.1, 0.15) is 5.56 Å². The van der Waals surface area contributed by atoms with Crippen molar-refractivity contribution in [1.82, 2.24) is 9.97 Å². The van der Waals surface area contributed by atoms with Crippen LogP contribution in [-0.2, 0) is 6.42 Å². The number of methoxy groups -OCH3 is 2. The van der Waals surface area contributed by atoms with Crippen molar-refractivity contribution < 1.29 is 14.2 Å². The van der Waals surface area contributed by atoms with E-state index in [1.807, 2.05) is 12.1 Å². The van der Waals surface area contributed by atoms with Crippen LogP contribution in [0.5, 0.6) is 17.6 Å². The van der Waals surface area contributed by atoms with E-state index in [0.29, 0.717) is 23.2 Å². The van der Waals surface area contributed by atoms with Crippen LogP contribution in [0.4, 0.5) is 0 Å². The number of nitrogens with zero attached hydrogens (tertiary/aromatic N) is 2. The first-order valence-electron chi connectivity index (χ1n) is 6.80. The molecular formula is C15H16ClN3O3. The van der Waals surface area contributed by atoms with Gasteiger partial charge in [0, 0.05) is 24.7 Å². The monoisotopic (exact) mass is 321 g/mol.